The molecule has 32 heavy (non-hydrogen) atoms. The van der Waals surface area contributed by atoms with Gasteiger partial charge in [0.25, 0.3) is 0 Å². The molecule has 3 rings (SSSR count). The summed E-state index contributed by atoms with van der Waals surface area (Å²) >= 11 is 0. The van der Waals surface area contributed by atoms with Crippen LogP contribution < -0.4 is 15.9 Å². The summed E-state index contributed by atoms with van der Waals surface area (Å²) in [5.41, 5.74) is 10.4. The fourth-order valence-electron chi connectivity index (χ4n) is 2.31. The van der Waals surface area contributed by atoms with Crippen LogP contribution in [-0.2, 0) is 39.3 Å². The van der Waals surface area contributed by atoms with Crippen LogP contribution in [0.3, 0.4) is 0 Å². The standard InChI is InChI=1S/C13H13N.C8H11N.2C2H4O2.Co/c14-10-11-5-4-8-13(9-11)12-6-2-1-3-7-12;1-2-5-8-6-3-4-7-9-8;2*1-2(3)4;/h1-9H,10,14H2;3-4,6-7H,2,5H2,1H3;2*1H3,(H,3,4);/q;;;;+2/p-2. The van der Waals surface area contributed by atoms with E-state index in [9.17, 15) is 0 Å². The number of rotatable bonds is 4. The molecule has 1 radical (unpaired) electrons. The van der Waals surface area contributed by atoms with Gasteiger partial charge in [-0.2, -0.15) is 0 Å². The third-order valence-corrected chi connectivity index (χ3v) is 3.50. The van der Waals surface area contributed by atoms with Crippen LogP contribution in [0, 0.1) is 0 Å². The molecule has 3 aromatic rings. The van der Waals surface area contributed by atoms with Gasteiger partial charge in [-0.25, -0.2) is 0 Å². The number of aryl methyl sites for hydroxylation is 1. The minimum atomic E-state index is -1.08. The molecule has 2 aromatic carbocycles. The average molecular weight is 481 g/mol. The molecule has 0 unspecified atom stereocenters. The van der Waals surface area contributed by atoms with Gasteiger partial charge in [0.1, 0.15) is 0 Å². The van der Waals surface area contributed by atoms with Crippen LogP contribution in [0.15, 0.2) is 79.0 Å². The first kappa shape index (κ1) is 31.2. The van der Waals surface area contributed by atoms with Crippen molar-refractivity contribution in [2.75, 3.05) is 0 Å². The first-order valence-corrected chi connectivity index (χ1v) is 9.89. The van der Waals surface area contributed by atoms with E-state index < -0.39 is 11.9 Å². The van der Waals surface area contributed by atoms with Crippen LogP contribution >= 0.6 is 0 Å². The fraction of sp³-hybridized carbons (Fsp3) is 0.240. The second kappa shape index (κ2) is 19.9. The zero-order valence-corrected chi connectivity index (χ0v) is 19.7. The number of pyridine rings is 1. The monoisotopic (exact) mass is 481 g/mol. The number of carboxylic acids is 2. The predicted molar refractivity (Wildman–Crippen MR) is 119 cm³/mol. The molecule has 0 aliphatic rings. The molecule has 0 fully saturated rings. The Labute approximate surface area is 200 Å². The largest absolute Gasteiger partial charge is 2.00 e. The number of nitrogens with zero attached hydrogens (tertiary/aromatic N) is 1. The van der Waals surface area contributed by atoms with E-state index in [-0.39, 0.29) is 16.8 Å². The van der Waals surface area contributed by atoms with Crippen molar-refractivity contribution in [3.05, 3.63) is 90.3 Å². The van der Waals surface area contributed by atoms with Crippen molar-refractivity contribution in [2.45, 2.75) is 40.2 Å². The molecule has 0 aliphatic heterocycles. The van der Waals surface area contributed by atoms with Gasteiger partial charge >= 0.3 is 16.8 Å². The molecule has 0 saturated heterocycles. The fourth-order valence-corrected chi connectivity index (χ4v) is 2.31. The Morgan fingerprint density at radius 2 is 1.38 bits per heavy atom. The Balaban J connectivity index is 0. The summed E-state index contributed by atoms with van der Waals surface area (Å²) in [6.45, 7) is 4.70. The van der Waals surface area contributed by atoms with Gasteiger partial charge < -0.3 is 25.5 Å². The molecule has 0 bridgehead atoms. The average Bonchev–Trinajstić information content (AvgIpc) is 2.75. The first-order valence-electron chi connectivity index (χ1n) is 9.89. The molecule has 0 amide bonds. The SMILES string of the molecule is CC(=O)[O-].CC(=O)[O-].CCCc1ccccn1.NCc1cccc(-c2ccccc2)c1.[Co+2]. The van der Waals surface area contributed by atoms with Gasteiger partial charge in [0.05, 0.1) is 0 Å². The Bertz CT molecular complexity index is 855. The number of carbonyl (C=O) groups is 2. The van der Waals surface area contributed by atoms with Crippen LogP contribution in [-0.4, -0.2) is 16.9 Å². The number of carbonyl (C=O) groups excluding carboxylic acids is 2. The van der Waals surface area contributed by atoms with Gasteiger partial charge in [0, 0.05) is 30.4 Å². The third-order valence-electron chi connectivity index (χ3n) is 3.50. The minimum Gasteiger partial charge on any atom is -0.550 e. The third kappa shape index (κ3) is 17.8. The number of nitrogens with two attached hydrogens (primary N) is 1. The second-order valence-electron chi connectivity index (χ2n) is 6.32. The van der Waals surface area contributed by atoms with E-state index in [1.54, 1.807) is 0 Å². The quantitative estimate of drug-likeness (QED) is 0.611. The van der Waals surface area contributed by atoms with Crippen LogP contribution in [0.1, 0.15) is 38.4 Å². The van der Waals surface area contributed by atoms with Gasteiger partial charge in [-0.3, -0.25) is 4.98 Å². The predicted octanol–water partition coefficient (Wildman–Crippen LogP) is 2.36. The minimum absolute atomic E-state index is 0. The molecule has 1 aromatic heterocycles. The normalized spacial score (nSPS) is 8.62. The van der Waals surface area contributed by atoms with Crippen molar-refractivity contribution in [1.82, 2.24) is 4.98 Å². The van der Waals surface area contributed by atoms with Crippen molar-refractivity contribution in [3.8, 4) is 11.1 Å². The van der Waals surface area contributed by atoms with Gasteiger partial charge in [-0.15, -0.1) is 0 Å². The molecule has 0 saturated carbocycles. The van der Waals surface area contributed by atoms with Crippen molar-refractivity contribution in [3.63, 3.8) is 0 Å². The maximum Gasteiger partial charge on any atom is 2.00 e. The first-order chi connectivity index (χ1) is 14.8. The van der Waals surface area contributed by atoms with E-state index in [1.165, 1.54) is 28.8 Å². The number of aliphatic carboxylic acids is 2. The zero-order valence-electron chi connectivity index (χ0n) is 18.6. The topological polar surface area (TPSA) is 119 Å². The molecule has 7 heteroatoms. The van der Waals surface area contributed by atoms with Crippen molar-refractivity contribution in [1.29, 1.82) is 0 Å². The van der Waals surface area contributed by atoms with E-state index >= 15 is 0 Å². The van der Waals surface area contributed by atoms with Crippen molar-refractivity contribution in [2.24, 2.45) is 5.73 Å². The van der Waals surface area contributed by atoms with E-state index in [0.717, 1.165) is 20.3 Å². The summed E-state index contributed by atoms with van der Waals surface area (Å²) in [5, 5.41) is 17.8. The molecule has 0 aliphatic carbocycles. The van der Waals surface area contributed by atoms with Crippen LogP contribution in [0.2, 0.25) is 0 Å². The van der Waals surface area contributed by atoms with Crippen molar-refractivity contribution >= 4 is 11.9 Å². The summed E-state index contributed by atoms with van der Waals surface area (Å²) in [5.74, 6) is -2.17. The molecule has 0 spiro atoms. The summed E-state index contributed by atoms with van der Waals surface area (Å²) in [7, 11) is 0. The molecule has 6 nitrogen and oxygen atoms in total. The van der Waals surface area contributed by atoms with E-state index in [0.29, 0.717) is 6.54 Å². The van der Waals surface area contributed by atoms with E-state index in [2.05, 4.69) is 42.2 Å². The Morgan fingerprint density at radius 1 is 0.844 bits per heavy atom. The number of aromatic nitrogens is 1. The van der Waals surface area contributed by atoms with E-state index in [4.69, 9.17) is 25.5 Å². The van der Waals surface area contributed by atoms with Gasteiger partial charge in [-0.1, -0.05) is 67.9 Å². The maximum absolute atomic E-state index is 8.89. The summed E-state index contributed by atoms with van der Waals surface area (Å²) < 4.78 is 0. The molecular weight excluding hydrogens is 451 g/mol. The van der Waals surface area contributed by atoms with Gasteiger partial charge in [-0.05, 0) is 55.2 Å². The number of hydrogen-bond acceptors (Lipinski definition) is 6. The van der Waals surface area contributed by atoms with Gasteiger partial charge in [0.2, 0.25) is 0 Å². The smallest absolute Gasteiger partial charge is 0.550 e. The molecule has 0 atom stereocenters. The zero-order chi connectivity index (χ0) is 23.5. The van der Waals surface area contributed by atoms with Crippen LogP contribution in [0.4, 0.5) is 0 Å². The Hall–Kier alpha value is -3.00. The summed E-state index contributed by atoms with van der Waals surface area (Å²) in [4.78, 5) is 21.9. The summed E-state index contributed by atoms with van der Waals surface area (Å²) in [6.07, 6.45) is 4.11. The van der Waals surface area contributed by atoms with Gasteiger partial charge in [0.15, 0.2) is 0 Å². The van der Waals surface area contributed by atoms with Crippen molar-refractivity contribution < 1.29 is 36.6 Å². The molecule has 1 heterocycles. The Morgan fingerprint density at radius 3 is 1.84 bits per heavy atom. The summed E-state index contributed by atoms with van der Waals surface area (Å²) in [6, 6.07) is 24.7. The van der Waals surface area contributed by atoms with Crippen LogP contribution in [0.25, 0.3) is 11.1 Å². The maximum atomic E-state index is 8.89. The molecular formula is C25H30CoN2O4. The van der Waals surface area contributed by atoms with Crippen LogP contribution in [0.5, 0.6) is 0 Å². The number of hydrogen-bond donors (Lipinski definition) is 1. The molecule has 2 N–H and O–H groups in total. The van der Waals surface area contributed by atoms with E-state index in [1.807, 2.05) is 48.7 Å². The molecule has 173 valence electrons. The number of benzene rings is 2. The Kier molecular flexibility index (Phi) is 19.4. The second-order valence-corrected chi connectivity index (χ2v) is 6.32. The number of carboxylic acid groups (broad SMARTS) is 2.